The highest BCUT2D eigenvalue weighted by Gasteiger charge is 2.16. The van der Waals surface area contributed by atoms with Crippen molar-refractivity contribution in [2.45, 2.75) is 12.5 Å². The van der Waals surface area contributed by atoms with Gasteiger partial charge in [0.1, 0.15) is 6.04 Å². The van der Waals surface area contributed by atoms with E-state index in [1.807, 2.05) is 0 Å². The van der Waals surface area contributed by atoms with Crippen molar-refractivity contribution in [3.8, 4) is 0 Å². The Hall–Kier alpha value is -2.37. The highest BCUT2D eigenvalue weighted by molar-refractivity contribution is 5.94. The summed E-state index contributed by atoms with van der Waals surface area (Å²) >= 11 is 0. The second-order valence-corrected chi connectivity index (χ2v) is 3.64. The summed E-state index contributed by atoms with van der Waals surface area (Å²) in [5, 5.41) is 15.2. The van der Waals surface area contributed by atoms with Gasteiger partial charge in [0.2, 0.25) is 5.91 Å². The number of carbonyl (C=O) groups is 2. The van der Waals surface area contributed by atoms with E-state index in [0.29, 0.717) is 0 Å². The van der Waals surface area contributed by atoms with E-state index in [0.717, 1.165) is 5.69 Å². The predicted octanol–water partition coefficient (Wildman–Crippen LogP) is 0.579. The molecule has 1 rings (SSSR count). The summed E-state index contributed by atoms with van der Waals surface area (Å²) in [5.41, 5.74) is 0.751. The van der Waals surface area contributed by atoms with Gasteiger partial charge >= 0.3 is 5.97 Å². The number of nitrogens with zero attached hydrogens (tertiary/aromatic N) is 2. The van der Waals surface area contributed by atoms with Crippen molar-refractivity contribution in [3.05, 3.63) is 36.7 Å². The molecule has 1 heterocycles. The Morgan fingerprint density at radius 3 is 2.89 bits per heavy atom. The Labute approximate surface area is 105 Å². The SMILES string of the molecule is C=CCC(NC(=O)/C=C/c1ccnn1C)C(=O)O. The number of hydrogen-bond acceptors (Lipinski definition) is 3. The van der Waals surface area contributed by atoms with Crippen LogP contribution >= 0.6 is 0 Å². The van der Waals surface area contributed by atoms with Crippen LogP contribution in [0.5, 0.6) is 0 Å². The van der Waals surface area contributed by atoms with E-state index in [1.54, 1.807) is 30.1 Å². The van der Waals surface area contributed by atoms with E-state index >= 15 is 0 Å². The number of rotatable bonds is 6. The van der Waals surface area contributed by atoms with Crippen molar-refractivity contribution >= 4 is 18.0 Å². The first-order valence-corrected chi connectivity index (χ1v) is 5.35. The molecule has 0 aliphatic heterocycles. The summed E-state index contributed by atoms with van der Waals surface area (Å²) < 4.78 is 1.60. The van der Waals surface area contributed by atoms with Crippen LogP contribution in [0.3, 0.4) is 0 Å². The fourth-order valence-corrected chi connectivity index (χ4v) is 1.32. The van der Waals surface area contributed by atoms with Gasteiger partial charge in [-0.3, -0.25) is 9.48 Å². The van der Waals surface area contributed by atoms with E-state index in [9.17, 15) is 9.59 Å². The number of amides is 1. The molecule has 1 unspecified atom stereocenters. The molecule has 6 nitrogen and oxygen atoms in total. The summed E-state index contributed by atoms with van der Waals surface area (Å²) in [6.45, 7) is 3.44. The molecule has 0 aliphatic carbocycles. The van der Waals surface area contributed by atoms with Crippen molar-refractivity contribution in [1.82, 2.24) is 15.1 Å². The fourth-order valence-electron chi connectivity index (χ4n) is 1.32. The minimum Gasteiger partial charge on any atom is -0.480 e. The Morgan fingerprint density at radius 1 is 1.67 bits per heavy atom. The second kappa shape index (κ2) is 6.39. The topological polar surface area (TPSA) is 84.2 Å². The average molecular weight is 249 g/mol. The van der Waals surface area contributed by atoms with E-state index in [4.69, 9.17) is 5.11 Å². The first-order valence-electron chi connectivity index (χ1n) is 5.35. The molecule has 6 heteroatoms. The van der Waals surface area contributed by atoms with Crippen LogP contribution in [0.4, 0.5) is 0 Å². The standard InChI is InChI=1S/C12H15N3O3/c1-3-4-10(12(17)18)14-11(16)6-5-9-7-8-13-15(9)2/h3,5-8,10H,1,4H2,2H3,(H,14,16)(H,17,18)/b6-5+. The summed E-state index contributed by atoms with van der Waals surface area (Å²) in [7, 11) is 1.75. The lowest BCUT2D eigenvalue weighted by molar-refractivity contribution is -0.141. The number of carboxylic acids is 1. The van der Waals surface area contributed by atoms with Gasteiger partial charge in [0.05, 0.1) is 5.69 Å². The van der Waals surface area contributed by atoms with Crippen molar-refractivity contribution in [1.29, 1.82) is 0 Å². The third kappa shape index (κ3) is 3.89. The van der Waals surface area contributed by atoms with Crippen LogP contribution in [0.2, 0.25) is 0 Å². The molecule has 1 aromatic heterocycles. The van der Waals surface area contributed by atoms with Gasteiger partial charge in [0.15, 0.2) is 0 Å². The number of aryl methyl sites for hydroxylation is 1. The number of aromatic nitrogens is 2. The molecule has 0 aliphatic rings. The van der Waals surface area contributed by atoms with E-state index in [1.165, 1.54) is 12.2 Å². The maximum Gasteiger partial charge on any atom is 0.326 e. The van der Waals surface area contributed by atoms with Crippen molar-refractivity contribution in [2.75, 3.05) is 0 Å². The summed E-state index contributed by atoms with van der Waals surface area (Å²) in [5.74, 6) is -1.55. The van der Waals surface area contributed by atoms with E-state index in [-0.39, 0.29) is 6.42 Å². The van der Waals surface area contributed by atoms with Gasteiger partial charge in [0, 0.05) is 19.3 Å². The van der Waals surface area contributed by atoms with Gasteiger partial charge in [-0.2, -0.15) is 5.10 Å². The average Bonchev–Trinajstić information content (AvgIpc) is 2.71. The van der Waals surface area contributed by atoms with Crippen LogP contribution in [0, 0.1) is 0 Å². The molecular formula is C12H15N3O3. The summed E-state index contributed by atoms with van der Waals surface area (Å²) in [4.78, 5) is 22.3. The molecule has 1 aromatic rings. The molecule has 1 amide bonds. The Bertz CT molecular complexity index is 477. The highest BCUT2D eigenvalue weighted by Crippen LogP contribution is 1.99. The fraction of sp³-hybridized carbons (Fsp3) is 0.250. The van der Waals surface area contributed by atoms with Gasteiger partial charge in [-0.05, 0) is 18.6 Å². The van der Waals surface area contributed by atoms with Gasteiger partial charge in [-0.1, -0.05) is 6.08 Å². The molecule has 0 aromatic carbocycles. The van der Waals surface area contributed by atoms with Crippen LogP contribution < -0.4 is 5.32 Å². The Kier molecular flexibility index (Phi) is 4.86. The van der Waals surface area contributed by atoms with Crippen LogP contribution in [-0.2, 0) is 16.6 Å². The molecule has 0 spiro atoms. The number of aliphatic carboxylic acids is 1. The zero-order valence-corrected chi connectivity index (χ0v) is 10.0. The molecule has 0 bridgehead atoms. The van der Waals surface area contributed by atoms with Crippen molar-refractivity contribution < 1.29 is 14.7 Å². The van der Waals surface area contributed by atoms with Gasteiger partial charge in [-0.25, -0.2) is 4.79 Å². The lowest BCUT2D eigenvalue weighted by Crippen LogP contribution is -2.39. The minimum atomic E-state index is -1.09. The van der Waals surface area contributed by atoms with Gasteiger partial charge < -0.3 is 10.4 Å². The first kappa shape index (κ1) is 13.7. The maximum absolute atomic E-state index is 11.5. The molecule has 0 fully saturated rings. The van der Waals surface area contributed by atoms with Gasteiger partial charge in [-0.15, -0.1) is 6.58 Å². The normalized spacial score (nSPS) is 12.3. The number of hydrogen-bond donors (Lipinski definition) is 2. The summed E-state index contributed by atoms with van der Waals surface area (Å²) in [6.07, 6.45) is 6.07. The smallest absolute Gasteiger partial charge is 0.326 e. The number of carboxylic acid groups (broad SMARTS) is 1. The lowest BCUT2D eigenvalue weighted by Gasteiger charge is -2.10. The monoisotopic (exact) mass is 249 g/mol. The number of carbonyl (C=O) groups excluding carboxylic acids is 1. The zero-order chi connectivity index (χ0) is 13.5. The minimum absolute atomic E-state index is 0.181. The molecular weight excluding hydrogens is 234 g/mol. The molecule has 0 saturated carbocycles. The largest absolute Gasteiger partial charge is 0.480 e. The molecule has 0 saturated heterocycles. The Morgan fingerprint density at radius 2 is 2.39 bits per heavy atom. The van der Waals surface area contributed by atoms with Crippen LogP contribution in [0.1, 0.15) is 12.1 Å². The van der Waals surface area contributed by atoms with E-state index in [2.05, 4.69) is 17.0 Å². The Balaban J connectivity index is 2.60. The highest BCUT2D eigenvalue weighted by atomic mass is 16.4. The lowest BCUT2D eigenvalue weighted by atomic mass is 10.2. The van der Waals surface area contributed by atoms with Crippen molar-refractivity contribution in [3.63, 3.8) is 0 Å². The first-order chi connectivity index (χ1) is 8.54. The molecule has 1 atom stereocenters. The molecule has 2 N–H and O–H groups in total. The van der Waals surface area contributed by atoms with Crippen LogP contribution in [0.15, 0.2) is 31.0 Å². The quantitative estimate of drug-likeness (QED) is 0.570. The van der Waals surface area contributed by atoms with Crippen LogP contribution in [0.25, 0.3) is 6.08 Å². The number of nitrogens with one attached hydrogen (secondary N) is 1. The summed E-state index contributed by atoms with van der Waals surface area (Å²) in [6, 6.07) is 0.786. The van der Waals surface area contributed by atoms with E-state index < -0.39 is 17.9 Å². The second-order valence-electron chi connectivity index (χ2n) is 3.64. The zero-order valence-electron chi connectivity index (χ0n) is 10.0. The van der Waals surface area contributed by atoms with Crippen molar-refractivity contribution in [2.24, 2.45) is 7.05 Å². The van der Waals surface area contributed by atoms with Crippen LogP contribution in [-0.4, -0.2) is 32.8 Å². The van der Waals surface area contributed by atoms with Gasteiger partial charge in [0.25, 0.3) is 0 Å². The maximum atomic E-state index is 11.5. The molecule has 0 radical (unpaired) electrons. The third-order valence-electron chi connectivity index (χ3n) is 2.28. The third-order valence-corrected chi connectivity index (χ3v) is 2.28. The predicted molar refractivity (Wildman–Crippen MR) is 66.6 cm³/mol. The molecule has 18 heavy (non-hydrogen) atoms. The molecule has 96 valence electrons.